The number of hydrogen-bond acceptors (Lipinski definition) is 4. The van der Waals surface area contributed by atoms with Crippen molar-refractivity contribution in [3.05, 3.63) is 20.8 Å². The summed E-state index contributed by atoms with van der Waals surface area (Å²) in [6.45, 7) is 7.10. The Morgan fingerprint density at radius 2 is 2.18 bits per heavy atom. The predicted octanol–water partition coefficient (Wildman–Crippen LogP) is 2.54. The van der Waals surface area contributed by atoms with Gasteiger partial charge >= 0.3 is 0 Å². The first-order valence-corrected chi connectivity index (χ1v) is 7.46. The van der Waals surface area contributed by atoms with Crippen LogP contribution in [0.5, 0.6) is 0 Å². The normalized spacial score (nSPS) is 20.1. The molecule has 1 aliphatic rings. The molecule has 0 N–H and O–H groups in total. The summed E-state index contributed by atoms with van der Waals surface area (Å²) in [5.41, 5.74) is 0. The van der Waals surface area contributed by atoms with Gasteiger partial charge < -0.3 is 0 Å². The number of piperazine rings is 1. The Hall–Kier alpha value is -0.410. The van der Waals surface area contributed by atoms with Crippen LogP contribution < -0.4 is 0 Å². The maximum Gasteiger partial charge on any atom is 0.0950 e. The van der Waals surface area contributed by atoms with Crippen LogP contribution in [0.4, 0.5) is 0 Å². The van der Waals surface area contributed by atoms with Gasteiger partial charge in [-0.25, -0.2) is 0 Å². The monoisotopic (exact) mass is 313 g/mol. The molecule has 1 saturated heterocycles. The number of nitrogens with zero attached hydrogens (tertiary/aromatic N) is 3. The van der Waals surface area contributed by atoms with E-state index < -0.39 is 0 Å². The second-order valence-corrected chi connectivity index (χ2v) is 6.16. The molecule has 0 aliphatic carbocycles. The van der Waals surface area contributed by atoms with Crippen LogP contribution in [0.15, 0.2) is 15.9 Å². The summed E-state index contributed by atoms with van der Waals surface area (Å²) in [6.07, 6.45) is 0. The average Bonchev–Trinajstić information content (AvgIpc) is 2.75. The lowest BCUT2D eigenvalue weighted by molar-refractivity contribution is 0.115. The number of nitriles is 1. The van der Waals surface area contributed by atoms with E-state index >= 15 is 0 Å². The molecule has 0 bridgehead atoms. The maximum atomic E-state index is 8.89. The van der Waals surface area contributed by atoms with Gasteiger partial charge in [0.15, 0.2) is 0 Å². The van der Waals surface area contributed by atoms with Crippen LogP contribution in [-0.2, 0) is 6.54 Å². The van der Waals surface area contributed by atoms with E-state index in [0.717, 1.165) is 32.7 Å². The fourth-order valence-corrected chi connectivity index (χ4v) is 3.55. The van der Waals surface area contributed by atoms with Crippen LogP contribution in [0.1, 0.15) is 11.8 Å². The standard InChI is InChI=1S/C12H16BrN3S/c1-10(8-14)16-5-3-15(4-6-16)9-12-11(13)2-7-17-12/h2,7,10H,3-6,9H2,1H3. The maximum absolute atomic E-state index is 8.89. The molecule has 2 rings (SSSR count). The molecule has 0 amide bonds. The molecule has 1 fully saturated rings. The van der Waals surface area contributed by atoms with Crippen molar-refractivity contribution in [3.63, 3.8) is 0 Å². The molecular formula is C12H16BrN3S. The fourth-order valence-electron chi connectivity index (χ4n) is 2.03. The highest BCUT2D eigenvalue weighted by atomic mass is 79.9. The molecule has 17 heavy (non-hydrogen) atoms. The van der Waals surface area contributed by atoms with Crippen LogP contribution >= 0.6 is 27.3 Å². The Morgan fingerprint density at radius 1 is 1.47 bits per heavy atom. The van der Waals surface area contributed by atoms with Gasteiger partial charge in [0.1, 0.15) is 0 Å². The Labute approximate surface area is 115 Å². The first-order chi connectivity index (χ1) is 8.20. The van der Waals surface area contributed by atoms with E-state index in [4.69, 9.17) is 5.26 Å². The Bertz CT molecular complexity index is 404. The summed E-state index contributed by atoms with van der Waals surface area (Å²) in [5.74, 6) is 0. The molecule has 1 aromatic heterocycles. The van der Waals surface area contributed by atoms with E-state index in [2.05, 4.69) is 43.2 Å². The van der Waals surface area contributed by atoms with Gasteiger partial charge in [0.25, 0.3) is 0 Å². The highest BCUT2D eigenvalue weighted by Crippen LogP contribution is 2.24. The number of thiophene rings is 1. The second-order valence-electron chi connectivity index (χ2n) is 4.31. The summed E-state index contributed by atoms with van der Waals surface area (Å²) >= 11 is 5.37. The molecule has 1 atom stereocenters. The molecule has 1 unspecified atom stereocenters. The van der Waals surface area contributed by atoms with E-state index in [1.807, 2.05) is 6.92 Å². The van der Waals surface area contributed by atoms with E-state index in [1.54, 1.807) is 11.3 Å². The van der Waals surface area contributed by atoms with Gasteiger partial charge in [-0.15, -0.1) is 11.3 Å². The molecule has 5 heteroatoms. The van der Waals surface area contributed by atoms with E-state index in [-0.39, 0.29) is 6.04 Å². The quantitative estimate of drug-likeness (QED) is 0.859. The van der Waals surface area contributed by atoms with Crippen molar-refractivity contribution < 1.29 is 0 Å². The van der Waals surface area contributed by atoms with Crippen molar-refractivity contribution in [2.24, 2.45) is 0 Å². The highest BCUT2D eigenvalue weighted by Gasteiger charge is 2.21. The average molecular weight is 314 g/mol. The first-order valence-electron chi connectivity index (χ1n) is 5.78. The van der Waals surface area contributed by atoms with Gasteiger partial charge in [-0.05, 0) is 34.3 Å². The Balaban J connectivity index is 1.84. The van der Waals surface area contributed by atoms with Gasteiger partial charge in [-0.2, -0.15) is 5.26 Å². The van der Waals surface area contributed by atoms with Crippen molar-refractivity contribution >= 4 is 27.3 Å². The van der Waals surface area contributed by atoms with Crippen LogP contribution in [-0.4, -0.2) is 42.0 Å². The summed E-state index contributed by atoms with van der Waals surface area (Å²) in [7, 11) is 0. The molecule has 3 nitrogen and oxygen atoms in total. The lowest BCUT2D eigenvalue weighted by Gasteiger charge is -2.35. The third kappa shape index (κ3) is 3.29. The minimum absolute atomic E-state index is 0.0469. The molecule has 0 radical (unpaired) electrons. The van der Waals surface area contributed by atoms with Gasteiger partial charge in [0.2, 0.25) is 0 Å². The Morgan fingerprint density at radius 3 is 2.71 bits per heavy atom. The topological polar surface area (TPSA) is 30.3 Å². The number of halogens is 1. The molecule has 0 aromatic carbocycles. The predicted molar refractivity (Wildman–Crippen MR) is 73.9 cm³/mol. The summed E-state index contributed by atoms with van der Waals surface area (Å²) in [5, 5.41) is 11.0. The SMILES string of the molecule is CC(C#N)N1CCN(Cc2sccc2Br)CC1. The van der Waals surface area contributed by atoms with Gasteiger partial charge in [0.05, 0.1) is 12.1 Å². The van der Waals surface area contributed by atoms with Crippen LogP contribution in [0.2, 0.25) is 0 Å². The van der Waals surface area contributed by atoms with Gasteiger partial charge in [-0.1, -0.05) is 0 Å². The molecule has 0 saturated carbocycles. The molecule has 0 spiro atoms. The fraction of sp³-hybridized carbons (Fsp3) is 0.583. The van der Waals surface area contributed by atoms with Crippen molar-refractivity contribution in [3.8, 4) is 6.07 Å². The zero-order chi connectivity index (χ0) is 12.3. The van der Waals surface area contributed by atoms with Crippen LogP contribution in [0, 0.1) is 11.3 Å². The van der Waals surface area contributed by atoms with Gasteiger partial charge in [0, 0.05) is 42.1 Å². The lowest BCUT2D eigenvalue weighted by atomic mass is 10.2. The zero-order valence-corrected chi connectivity index (χ0v) is 12.3. The van der Waals surface area contributed by atoms with Crippen molar-refractivity contribution in [2.75, 3.05) is 26.2 Å². The third-order valence-corrected chi connectivity index (χ3v) is 5.11. The molecule has 2 heterocycles. The van der Waals surface area contributed by atoms with E-state index in [1.165, 1.54) is 9.35 Å². The molecule has 92 valence electrons. The van der Waals surface area contributed by atoms with E-state index in [0.29, 0.717) is 0 Å². The largest absolute Gasteiger partial charge is 0.296 e. The minimum atomic E-state index is 0.0469. The second kappa shape index (κ2) is 5.96. The van der Waals surface area contributed by atoms with Crippen LogP contribution in [0.3, 0.4) is 0 Å². The van der Waals surface area contributed by atoms with Crippen molar-refractivity contribution in [1.29, 1.82) is 5.26 Å². The van der Waals surface area contributed by atoms with Crippen molar-refractivity contribution in [2.45, 2.75) is 19.5 Å². The van der Waals surface area contributed by atoms with Crippen LogP contribution in [0.25, 0.3) is 0 Å². The number of hydrogen-bond donors (Lipinski definition) is 0. The highest BCUT2D eigenvalue weighted by molar-refractivity contribution is 9.10. The molecule has 1 aliphatic heterocycles. The number of rotatable bonds is 3. The minimum Gasteiger partial charge on any atom is -0.296 e. The first kappa shape index (κ1) is 13.0. The van der Waals surface area contributed by atoms with Crippen molar-refractivity contribution in [1.82, 2.24) is 9.80 Å². The summed E-state index contributed by atoms with van der Waals surface area (Å²) in [4.78, 5) is 6.10. The Kier molecular flexibility index (Phi) is 4.57. The smallest absolute Gasteiger partial charge is 0.0950 e. The summed E-state index contributed by atoms with van der Waals surface area (Å²) in [6, 6.07) is 4.46. The lowest BCUT2D eigenvalue weighted by Crippen LogP contribution is -2.48. The van der Waals surface area contributed by atoms with E-state index in [9.17, 15) is 0 Å². The molecule has 1 aromatic rings. The van der Waals surface area contributed by atoms with Gasteiger partial charge in [-0.3, -0.25) is 9.80 Å². The zero-order valence-electron chi connectivity index (χ0n) is 9.90. The summed E-state index contributed by atoms with van der Waals surface area (Å²) < 4.78 is 1.22. The third-order valence-electron chi connectivity index (χ3n) is 3.20. The molecular weight excluding hydrogens is 298 g/mol.